The molecule has 108 valence electrons. The number of hydrogen-bond donors (Lipinski definition) is 2. The summed E-state index contributed by atoms with van der Waals surface area (Å²) in [5.74, 6) is -0.241. The highest BCUT2D eigenvalue weighted by Gasteiger charge is 2.30. The molecule has 6 nitrogen and oxygen atoms in total. The average Bonchev–Trinajstić information content (AvgIpc) is 2.69. The molecule has 2 N–H and O–H groups in total. The Morgan fingerprint density at radius 3 is 2.85 bits per heavy atom. The second kappa shape index (κ2) is 5.90. The number of H-pyrrole nitrogens is 1. The molecule has 0 spiro atoms. The average molecular weight is 277 g/mol. The van der Waals surface area contributed by atoms with Gasteiger partial charge in [0.15, 0.2) is 0 Å². The molecule has 6 heteroatoms. The quantitative estimate of drug-likeness (QED) is 0.837. The van der Waals surface area contributed by atoms with Crippen LogP contribution in [0.3, 0.4) is 0 Å². The number of carbonyl (C=O) groups excluding carboxylic acids is 2. The first-order chi connectivity index (χ1) is 9.49. The van der Waals surface area contributed by atoms with Gasteiger partial charge in [-0.2, -0.15) is 0 Å². The summed E-state index contributed by atoms with van der Waals surface area (Å²) in [6.45, 7) is 4.99. The molecule has 1 fully saturated rings. The number of nitrogens with zero attached hydrogens (tertiary/aromatic N) is 1. The van der Waals surface area contributed by atoms with Crippen LogP contribution in [0.4, 0.5) is 0 Å². The topological polar surface area (TPSA) is 82.3 Å². The van der Waals surface area contributed by atoms with Crippen LogP contribution in [0.2, 0.25) is 0 Å². The van der Waals surface area contributed by atoms with E-state index >= 15 is 0 Å². The smallest absolute Gasteiger partial charge is 0.251 e. The molecular weight excluding hydrogens is 258 g/mol. The van der Waals surface area contributed by atoms with Gasteiger partial charge in [-0.15, -0.1) is 0 Å². The highest BCUT2D eigenvalue weighted by molar-refractivity contribution is 5.95. The Labute approximate surface area is 117 Å². The molecule has 20 heavy (non-hydrogen) atoms. The largest absolute Gasteiger partial charge is 0.347 e. The van der Waals surface area contributed by atoms with Gasteiger partial charge in [0.2, 0.25) is 11.5 Å². The van der Waals surface area contributed by atoms with Crippen molar-refractivity contribution in [3.8, 4) is 0 Å². The van der Waals surface area contributed by atoms with Crippen molar-refractivity contribution in [2.45, 2.75) is 32.7 Å². The van der Waals surface area contributed by atoms with E-state index in [1.165, 1.54) is 6.07 Å². The van der Waals surface area contributed by atoms with Crippen LogP contribution in [0.25, 0.3) is 0 Å². The zero-order chi connectivity index (χ0) is 14.7. The van der Waals surface area contributed by atoms with Crippen LogP contribution in [-0.2, 0) is 4.79 Å². The Kier molecular flexibility index (Phi) is 4.22. The van der Waals surface area contributed by atoms with E-state index in [1.54, 1.807) is 17.9 Å². The molecule has 1 aromatic heterocycles. The van der Waals surface area contributed by atoms with Gasteiger partial charge in [-0.3, -0.25) is 14.4 Å². The number of carbonyl (C=O) groups is 2. The molecule has 2 rings (SSSR count). The fraction of sp³-hybridized carbons (Fsp3) is 0.500. The van der Waals surface area contributed by atoms with Gasteiger partial charge in [0.1, 0.15) is 0 Å². The van der Waals surface area contributed by atoms with E-state index in [0.717, 1.165) is 13.0 Å². The monoisotopic (exact) mass is 277 g/mol. The van der Waals surface area contributed by atoms with Crippen molar-refractivity contribution in [1.29, 1.82) is 0 Å². The van der Waals surface area contributed by atoms with Gasteiger partial charge in [-0.1, -0.05) is 6.92 Å². The maximum atomic E-state index is 12.1. The zero-order valence-corrected chi connectivity index (χ0v) is 11.7. The second-order valence-electron chi connectivity index (χ2n) is 5.13. The number of hydrogen-bond acceptors (Lipinski definition) is 3. The van der Waals surface area contributed by atoms with Crippen LogP contribution in [0, 0.1) is 6.92 Å². The molecule has 0 bridgehead atoms. The summed E-state index contributed by atoms with van der Waals surface area (Å²) in [6, 6.07) is 2.71. The maximum Gasteiger partial charge on any atom is 0.251 e. The maximum absolute atomic E-state index is 12.1. The number of nitrogens with one attached hydrogen (secondary N) is 2. The van der Waals surface area contributed by atoms with Gasteiger partial charge in [0.05, 0.1) is 6.04 Å². The number of amides is 2. The van der Waals surface area contributed by atoms with E-state index in [2.05, 4.69) is 10.3 Å². The summed E-state index contributed by atoms with van der Waals surface area (Å²) in [6.07, 6.45) is 1.23. The van der Waals surface area contributed by atoms with E-state index in [9.17, 15) is 14.4 Å². The Hall–Kier alpha value is -2.11. The van der Waals surface area contributed by atoms with Gasteiger partial charge in [-0.05, 0) is 19.4 Å². The Morgan fingerprint density at radius 1 is 1.45 bits per heavy atom. The van der Waals surface area contributed by atoms with E-state index in [4.69, 9.17) is 0 Å². The lowest BCUT2D eigenvalue weighted by Crippen LogP contribution is -2.37. The summed E-state index contributed by atoms with van der Waals surface area (Å²) < 4.78 is 0. The van der Waals surface area contributed by atoms with Crippen LogP contribution in [0.5, 0.6) is 0 Å². The highest BCUT2D eigenvalue weighted by atomic mass is 16.2. The van der Waals surface area contributed by atoms with E-state index in [1.807, 2.05) is 6.92 Å². The van der Waals surface area contributed by atoms with Crippen LogP contribution in [0.15, 0.2) is 16.9 Å². The third-order valence-corrected chi connectivity index (χ3v) is 3.28. The van der Waals surface area contributed by atoms with E-state index in [0.29, 0.717) is 24.2 Å². The molecule has 0 saturated carbocycles. The Morgan fingerprint density at radius 2 is 2.20 bits per heavy atom. The minimum atomic E-state index is -0.310. The van der Waals surface area contributed by atoms with Gasteiger partial charge in [-0.25, -0.2) is 0 Å². The molecule has 2 heterocycles. The summed E-state index contributed by atoms with van der Waals surface area (Å²) in [5, 5.41) is 2.81. The molecule has 2 amide bonds. The molecule has 1 atom stereocenters. The molecule has 1 aromatic rings. The SMILES string of the molecule is CCCN1CC(NC(=O)c2cc(C)[nH]c(=O)c2)CC1=O. The fourth-order valence-electron chi connectivity index (χ4n) is 2.44. The van der Waals surface area contributed by atoms with Crippen LogP contribution in [-0.4, -0.2) is 40.8 Å². The number of aromatic nitrogens is 1. The third kappa shape index (κ3) is 3.26. The normalized spacial score (nSPS) is 18.4. The number of likely N-dealkylation sites (tertiary alicyclic amines) is 1. The predicted molar refractivity (Wildman–Crippen MR) is 74.5 cm³/mol. The van der Waals surface area contributed by atoms with Crippen molar-refractivity contribution < 1.29 is 9.59 Å². The third-order valence-electron chi connectivity index (χ3n) is 3.28. The van der Waals surface area contributed by atoms with Crippen LogP contribution >= 0.6 is 0 Å². The van der Waals surface area contributed by atoms with E-state index < -0.39 is 0 Å². The number of aryl methyl sites for hydroxylation is 1. The standard InChI is InChI=1S/C14H19N3O3/c1-3-4-17-8-11(7-13(17)19)16-14(20)10-5-9(2)15-12(18)6-10/h5-6,11H,3-4,7-8H2,1-2H3,(H,15,18)(H,16,20). The van der Waals surface area contributed by atoms with Crippen molar-refractivity contribution in [2.75, 3.05) is 13.1 Å². The van der Waals surface area contributed by atoms with Crippen molar-refractivity contribution in [2.24, 2.45) is 0 Å². The van der Waals surface area contributed by atoms with Gasteiger partial charge < -0.3 is 15.2 Å². The molecule has 0 aliphatic carbocycles. The van der Waals surface area contributed by atoms with Gasteiger partial charge in [0, 0.05) is 36.8 Å². The first kappa shape index (κ1) is 14.3. The Balaban J connectivity index is 2.02. The lowest BCUT2D eigenvalue weighted by molar-refractivity contribution is -0.127. The van der Waals surface area contributed by atoms with Gasteiger partial charge >= 0.3 is 0 Å². The first-order valence-corrected chi connectivity index (χ1v) is 6.79. The molecule has 1 saturated heterocycles. The molecule has 0 aromatic carbocycles. The lowest BCUT2D eigenvalue weighted by Gasteiger charge is -2.16. The first-order valence-electron chi connectivity index (χ1n) is 6.79. The number of rotatable bonds is 4. The molecule has 1 aliphatic rings. The predicted octanol–water partition coefficient (Wildman–Crippen LogP) is 0.424. The minimum Gasteiger partial charge on any atom is -0.347 e. The summed E-state index contributed by atoms with van der Waals surface area (Å²) >= 11 is 0. The summed E-state index contributed by atoms with van der Waals surface area (Å²) in [4.78, 5) is 39.5. The van der Waals surface area contributed by atoms with Crippen molar-refractivity contribution in [3.63, 3.8) is 0 Å². The number of pyridine rings is 1. The summed E-state index contributed by atoms with van der Waals surface area (Å²) in [7, 11) is 0. The lowest BCUT2D eigenvalue weighted by atomic mass is 10.2. The molecular formula is C14H19N3O3. The fourth-order valence-corrected chi connectivity index (χ4v) is 2.44. The molecule has 1 unspecified atom stereocenters. The summed E-state index contributed by atoms with van der Waals surface area (Å²) in [5.41, 5.74) is 0.663. The molecule has 1 aliphatic heterocycles. The molecule has 0 radical (unpaired) electrons. The van der Waals surface area contributed by atoms with Gasteiger partial charge in [0.25, 0.3) is 5.91 Å². The minimum absolute atomic E-state index is 0.0687. The highest BCUT2D eigenvalue weighted by Crippen LogP contribution is 2.12. The second-order valence-corrected chi connectivity index (χ2v) is 5.13. The number of aromatic amines is 1. The van der Waals surface area contributed by atoms with Crippen LogP contribution < -0.4 is 10.9 Å². The van der Waals surface area contributed by atoms with Crippen molar-refractivity contribution >= 4 is 11.8 Å². The van der Waals surface area contributed by atoms with Crippen molar-refractivity contribution in [3.05, 3.63) is 33.7 Å². The zero-order valence-electron chi connectivity index (χ0n) is 11.7. The van der Waals surface area contributed by atoms with Crippen molar-refractivity contribution in [1.82, 2.24) is 15.2 Å². The van der Waals surface area contributed by atoms with E-state index in [-0.39, 0.29) is 23.4 Å². The van der Waals surface area contributed by atoms with Crippen LogP contribution in [0.1, 0.15) is 35.8 Å². The Bertz CT molecular complexity index is 579.